The number of halogens is 3. The van der Waals surface area contributed by atoms with Crippen LogP contribution < -0.4 is 5.32 Å². The molecule has 1 saturated carbocycles. The number of hydrogen-bond donors (Lipinski definition) is 1. The first-order chi connectivity index (χ1) is 11.9. The number of benzene rings is 2. The molecule has 0 aliphatic heterocycles. The zero-order chi connectivity index (χ0) is 18.0. The molecule has 0 spiro atoms. The number of rotatable bonds is 6. The van der Waals surface area contributed by atoms with E-state index in [0.29, 0.717) is 30.0 Å². The van der Waals surface area contributed by atoms with Gasteiger partial charge in [0.15, 0.2) is 0 Å². The van der Waals surface area contributed by atoms with Crippen LogP contribution in [0.15, 0.2) is 42.5 Å². The molecule has 2 atom stereocenters. The van der Waals surface area contributed by atoms with Crippen LogP contribution in [-0.2, 0) is 16.6 Å². The van der Waals surface area contributed by atoms with Crippen LogP contribution in [0.4, 0.5) is 8.78 Å². The number of aryl methyl sites for hydroxylation is 1. The van der Waals surface area contributed by atoms with Gasteiger partial charge in [0.1, 0.15) is 11.6 Å². The summed E-state index contributed by atoms with van der Waals surface area (Å²) in [5.41, 5.74) is 1.10. The molecule has 1 N–H and O–H groups in total. The molecule has 0 aromatic heterocycles. The van der Waals surface area contributed by atoms with E-state index in [1.54, 1.807) is 12.1 Å². The van der Waals surface area contributed by atoms with E-state index in [0.717, 1.165) is 18.1 Å². The third-order valence-corrected chi connectivity index (χ3v) is 5.33. The molecule has 1 aliphatic carbocycles. The molecule has 25 heavy (non-hydrogen) atoms. The summed E-state index contributed by atoms with van der Waals surface area (Å²) in [6.07, 6.45) is 1.77. The lowest BCUT2D eigenvalue weighted by molar-refractivity contribution is -0.121. The highest BCUT2D eigenvalue weighted by Crippen LogP contribution is 2.54. The highest BCUT2D eigenvalue weighted by molar-refractivity contribution is 6.30. The van der Waals surface area contributed by atoms with Gasteiger partial charge in [0.05, 0.1) is 0 Å². The van der Waals surface area contributed by atoms with Crippen LogP contribution in [-0.4, -0.2) is 12.5 Å². The Hall–Kier alpha value is -1.94. The molecule has 5 heteroatoms. The van der Waals surface area contributed by atoms with Crippen molar-refractivity contribution in [3.8, 4) is 0 Å². The van der Waals surface area contributed by atoms with Crippen molar-refractivity contribution >= 4 is 17.5 Å². The minimum Gasteiger partial charge on any atom is -0.355 e. The molecule has 2 aromatic carbocycles. The minimum atomic E-state index is -0.586. The van der Waals surface area contributed by atoms with Crippen LogP contribution in [0.2, 0.25) is 5.02 Å². The van der Waals surface area contributed by atoms with Crippen molar-refractivity contribution < 1.29 is 13.6 Å². The van der Waals surface area contributed by atoms with Gasteiger partial charge in [-0.15, -0.1) is 0 Å². The fraction of sp³-hybridized carbons (Fsp3) is 0.350. The van der Waals surface area contributed by atoms with E-state index in [4.69, 9.17) is 11.6 Å². The van der Waals surface area contributed by atoms with Crippen LogP contribution in [0, 0.1) is 17.6 Å². The normalized spacial score (nSPS) is 21.8. The second kappa shape index (κ2) is 7.12. The molecular formula is C20H20ClF2NO. The van der Waals surface area contributed by atoms with Gasteiger partial charge in [0.2, 0.25) is 5.91 Å². The predicted octanol–water partition coefficient (Wildman–Crippen LogP) is 4.64. The Balaban J connectivity index is 1.58. The molecule has 0 heterocycles. The molecule has 0 saturated heterocycles. The standard InChI is InChI=1S/C20H20ClF2NO/c1-13-11-20(13,17-8-7-16(22)10-18(17)23)12-24-19(25)9-4-14-2-5-15(21)6-3-14/h2-3,5-8,10,13H,4,9,11-12H2,1H3,(H,24,25). The predicted molar refractivity (Wildman–Crippen MR) is 94.6 cm³/mol. The van der Waals surface area contributed by atoms with E-state index in [1.807, 2.05) is 19.1 Å². The molecule has 132 valence electrons. The number of carbonyl (C=O) groups excluding carboxylic acids is 1. The fourth-order valence-corrected chi connectivity index (χ4v) is 3.48. The Labute approximate surface area is 151 Å². The van der Waals surface area contributed by atoms with Gasteiger partial charge in [0, 0.05) is 29.5 Å². The van der Waals surface area contributed by atoms with Crippen LogP contribution >= 0.6 is 11.6 Å². The Morgan fingerprint density at radius 1 is 1.24 bits per heavy atom. The summed E-state index contributed by atoms with van der Waals surface area (Å²) in [6.45, 7) is 2.39. The smallest absolute Gasteiger partial charge is 0.220 e. The summed E-state index contributed by atoms with van der Waals surface area (Å²) >= 11 is 5.84. The SMILES string of the molecule is CC1CC1(CNC(=O)CCc1ccc(Cl)cc1)c1ccc(F)cc1F. The van der Waals surface area contributed by atoms with Gasteiger partial charge >= 0.3 is 0 Å². The number of hydrogen-bond acceptors (Lipinski definition) is 1. The summed E-state index contributed by atoms with van der Waals surface area (Å²) in [5, 5.41) is 3.58. The molecule has 0 radical (unpaired) electrons. The van der Waals surface area contributed by atoms with Crippen molar-refractivity contribution in [3.05, 3.63) is 70.2 Å². The van der Waals surface area contributed by atoms with E-state index in [-0.39, 0.29) is 11.8 Å². The first-order valence-electron chi connectivity index (χ1n) is 8.37. The van der Waals surface area contributed by atoms with Gasteiger partial charge < -0.3 is 5.32 Å². The summed E-state index contributed by atoms with van der Waals surface area (Å²) < 4.78 is 27.3. The van der Waals surface area contributed by atoms with Crippen LogP contribution in [0.5, 0.6) is 0 Å². The minimum absolute atomic E-state index is 0.0732. The second-order valence-corrected chi connectivity index (χ2v) is 7.23. The third-order valence-electron chi connectivity index (χ3n) is 5.08. The Morgan fingerprint density at radius 2 is 1.92 bits per heavy atom. The summed E-state index contributed by atoms with van der Waals surface area (Å²) in [6, 6.07) is 11.1. The van der Waals surface area contributed by atoms with Crippen molar-refractivity contribution in [2.45, 2.75) is 31.6 Å². The van der Waals surface area contributed by atoms with Crippen molar-refractivity contribution in [1.82, 2.24) is 5.32 Å². The largest absolute Gasteiger partial charge is 0.355 e. The molecule has 1 amide bonds. The average Bonchev–Trinajstić information content (AvgIpc) is 3.23. The van der Waals surface area contributed by atoms with Gasteiger partial charge in [-0.1, -0.05) is 36.7 Å². The van der Waals surface area contributed by atoms with E-state index in [1.165, 1.54) is 12.1 Å². The van der Waals surface area contributed by atoms with Gasteiger partial charge in [-0.2, -0.15) is 0 Å². The molecule has 2 unspecified atom stereocenters. The Bertz CT molecular complexity index is 778. The average molecular weight is 364 g/mol. The molecule has 2 aromatic rings. The molecule has 0 bridgehead atoms. The number of carbonyl (C=O) groups is 1. The van der Waals surface area contributed by atoms with Crippen LogP contribution in [0.3, 0.4) is 0 Å². The quantitative estimate of drug-likeness (QED) is 0.795. The summed E-state index contributed by atoms with van der Waals surface area (Å²) in [7, 11) is 0. The number of amides is 1. The van der Waals surface area contributed by atoms with Crippen molar-refractivity contribution in [2.24, 2.45) is 5.92 Å². The van der Waals surface area contributed by atoms with E-state index in [2.05, 4.69) is 5.32 Å². The highest BCUT2D eigenvalue weighted by atomic mass is 35.5. The lowest BCUT2D eigenvalue weighted by Gasteiger charge is -2.19. The van der Waals surface area contributed by atoms with E-state index >= 15 is 0 Å². The van der Waals surface area contributed by atoms with Gasteiger partial charge in [-0.05, 0) is 48.1 Å². The second-order valence-electron chi connectivity index (χ2n) is 6.79. The lowest BCUT2D eigenvalue weighted by Crippen LogP contribution is -2.34. The first-order valence-corrected chi connectivity index (χ1v) is 8.75. The van der Waals surface area contributed by atoms with Gasteiger partial charge in [-0.25, -0.2) is 8.78 Å². The maximum absolute atomic E-state index is 14.1. The monoisotopic (exact) mass is 363 g/mol. The van der Waals surface area contributed by atoms with Gasteiger partial charge in [-0.3, -0.25) is 4.79 Å². The van der Waals surface area contributed by atoms with E-state index in [9.17, 15) is 13.6 Å². The Morgan fingerprint density at radius 3 is 2.52 bits per heavy atom. The zero-order valence-electron chi connectivity index (χ0n) is 14.0. The molecule has 3 rings (SSSR count). The van der Waals surface area contributed by atoms with Crippen LogP contribution in [0.25, 0.3) is 0 Å². The first kappa shape index (κ1) is 17.9. The van der Waals surface area contributed by atoms with Crippen LogP contribution in [0.1, 0.15) is 30.9 Å². The third kappa shape index (κ3) is 4.01. The van der Waals surface area contributed by atoms with Gasteiger partial charge in [0.25, 0.3) is 0 Å². The molecule has 2 nitrogen and oxygen atoms in total. The Kier molecular flexibility index (Phi) is 5.09. The fourth-order valence-electron chi connectivity index (χ4n) is 3.35. The molecular weight excluding hydrogens is 344 g/mol. The zero-order valence-corrected chi connectivity index (χ0v) is 14.7. The molecule has 1 fully saturated rings. The van der Waals surface area contributed by atoms with E-state index < -0.39 is 17.0 Å². The van der Waals surface area contributed by atoms with Crippen molar-refractivity contribution in [1.29, 1.82) is 0 Å². The molecule has 1 aliphatic rings. The van der Waals surface area contributed by atoms with Crippen molar-refractivity contribution in [2.75, 3.05) is 6.54 Å². The maximum atomic E-state index is 14.1. The summed E-state index contributed by atoms with van der Waals surface area (Å²) in [4.78, 5) is 12.1. The highest BCUT2D eigenvalue weighted by Gasteiger charge is 2.53. The lowest BCUT2D eigenvalue weighted by atomic mass is 9.92. The van der Waals surface area contributed by atoms with Crippen molar-refractivity contribution in [3.63, 3.8) is 0 Å². The topological polar surface area (TPSA) is 29.1 Å². The number of nitrogens with one attached hydrogen (secondary N) is 1. The summed E-state index contributed by atoms with van der Waals surface area (Å²) in [5.74, 6) is -0.948. The maximum Gasteiger partial charge on any atom is 0.220 e.